The van der Waals surface area contributed by atoms with Crippen LogP contribution in [-0.2, 0) is 0 Å². The molecule has 0 atom stereocenters. The summed E-state index contributed by atoms with van der Waals surface area (Å²) >= 11 is 5.30. The summed E-state index contributed by atoms with van der Waals surface area (Å²) in [6.45, 7) is 0. The molecule has 0 fully saturated rings. The Morgan fingerprint density at radius 1 is 1.00 bits per heavy atom. The van der Waals surface area contributed by atoms with Crippen LogP contribution < -0.4 is 13.3 Å². The van der Waals surface area contributed by atoms with Crippen LogP contribution in [0, 0.1) is 0 Å². The predicted molar refractivity (Wildman–Crippen MR) is 52.0 cm³/mol. The molecule has 0 saturated heterocycles. The molecular weight excluding hydrogens is 443 g/mol. The first-order chi connectivity index (χ1) is 3.41. The molecule has 0 amide bonds. The van der Waals surface area contributed by atoms with Gasteiger partial charge in [0.25, 0.3) is 0 Å². The summed E-state index contributed by atoms with van der Waals surface area (Å²) in [5.74, 6) is 0. The van der Waals surface area contributed by atoms with E-state index in [4.69, 9.17) is 0 Å². The monoisotopic (exact) mass is 455 g/mol. The van der Waals surface area contributed by atoms with Crippen molar-refractivity contribution < 1.29 is 17.7 Å². The van der Waals surface area contributed by atoms with Crippen molar-refractivity contribution >= 4 is 37.2 Å². The SMILES string of the molecule is C[N+](C)(C)C.I[I-]I. The summed E-state index contributed by atoms with van der Waals surface area (Å²) in [6.07, 6.45) is 0. The predicted octanol–water partition coefficient (Wildman–Crippen LogP) is -0.902. The fourth-order valence-corrected chi connectivity index (χ4v) is 0. The normalized spacial score (nSPS) is 10.2. The van der Waals surface area contributed by atoms with Crippen LogP contribution in [0.4, 0.5) is 0 Å². The van der Waals surface area contributed by atoms with E-state index in [0.717, 1.165) is 4.48 Å². The summed E-state index contributed by atoms with van der Waals surface area (Å²) < 4.78 is 1.00. The van der Waals surface area contributed by atoms with Gasteiger partial charge in [0.2, 0.25) is 0 Å². The van der Waals surface area contributed by atoms with Gasteiger partial charge in [-0.25, -0.2) is 0 Å². The standard InChI is InChI=1S/C4H12N.I3/c1-5(2,3)4;1-3-2/h1-4H3;/q+1;-1. The van der Waals surface area contributed by atoms with Gasteiger partial charge in [0, 0.05) is 0 Å². The van der Waals surface area contributed by atoms with E-state index in [-0.39, 0.29) is 0 Å². The molecule has 8 heavy (non-hydrogen) atoms. The fourth-order valence-electron chi connectivity index (χ4n) is 0. The van der Waals surface area contributed by atoms with Crippen molar-refractivity contribution in [3.8, 4) is 0 Å². The van der Waals surface area contributed by atoms with Gasteiger partial charge in [0.15, 0.2) is 0 Å². The van der Waals surface area contributed by atoms with Crippen LogP contribution in [0.5, 0.6) is 0 Å². The van der Waals surface area contributed by atoms with Gasteiger partial charge in [-0.3, -0.25) is 0 Å². The van der Waals surface area contributed by atoms with Crippen LogP contribution in [0.3, 0.4) is 0 Å². The molecule has 0 radical (unpaired) electrons. The van der Waals surface area contributed by atoms with Crippen LogP contribution in [0.15, 0.2) is 0 Å². The molecule has 0 unspecified atom stereocenters. The van der Waals surface area contributed by atoms with E-state index in [1.807, 2.05) is 0 Å². The topological polar surface area (TPSA) is 0 Å². The van der Waals surface area contributed by atoms with Gasteiger partial charge in [-0.15, -0.1) is 0 Å². The second kappa shape index (κ2) is 7.26. The Kier molecular flexibility index (Phi) is 11.6. The minimum atomic E-state index is 0.530. The molecule has 54 valence electrons. The van der Waals surface area contributed by atoms with Crippen LogP contribution in [0.1, 0.15) is 0 Å². The summed E-state index contributed by atoms with van der Waals surface area (Å²) in [6, 6.07) is 0. The molecule has 0 bridgehead atoms. The average Bonchev–Trinajstić information content (AvgIpc) is 1.27. The van der Waals surface area contributed by atoms with E-state index >= 15 is 0 Å². The molecule has 0 heterocycles. The van der Waals surface area contributed by atoms with Crippen LogP contribution in [0.2, 0.25) is 0 Å². The summed E-state index contributed by atoms with van der Waals surface area (Å²) in [4.78, 5) is 0. The molecule has 0 aliphatic rings. The van der Waals surface area contributed by atoms with Crippen LogP contribution in [0.25, 0.3) is 0 Å². The van der Waals surface area contributed by atoms with Gasteiger partial charge in [0.05, 0.1) is 28.2 Å². The quantitative estimate of drug-likeness (QED) is 0.329. The molecular formula is C4H12I3N. The van der Waals surface area contributed by atoms with E-state index in [1.165, 1.54) is 0 Å². The first-order valence-corrected chi connectivity index (χ1v) is 14.6. The minimum absolute atomic E-state index is 0.530. The van der Waals surface area contributed by atoms with E-state index in [9.17, 15) is 0 Å². The molecule has 0 saturated carbocycles. The van der Waals surface area contributed by atoms with Gasteiger partial charge in [0.1, 0.15) is 0 Å². The van der Waals surface area contributed by atoms with Crippen LogP contribution >= 0.6 is 37.2 Å². The van der Waals surface area contributed by atoms with Gasteiger partial charge in [-0.2, -0.15) is 0 Å². The Morgan fingerprint density at radius 2 is 1.00 bits per heavy atom. The van der Waals surface area contributed by atoms with Crippen molar-refractivity contribution in [2.45, 2.75) is 0 Å². The molecule has 4 heteroatoms. The van der Waals surface area contributed by atoms with Crippen molar-refractivity contribution in [3.63, 3.8) is 0 Å². The summed E-state index contributed by atoms with van der Waals surface area (Å²) in [5, 5.41) is 0. The molecule has 0 aromatic rings. The first-order valence-electron chi connectivity index (χ1n) is 2.07. The van der Waals surface area contributed by atoms with Crippen molar-refractivity contribution in [2.75, 3.05) is 28.2 Å². The van der Waals surface area contributed by atoms with Crippen molar-refractivity contribution in [1.29, 1.82) is 0 Å². The molecule has 0 N–H and O–H groups in total. The van der Waals surface area contributed by atoms with Crippen molar-refractivity contribution in [1.82, 2.24) is 0 Å². The van der Waals surface area contributed by atoms with Gasteiger partial charge >= 0.3 is 50.5 Å². The Balaban J connectivity index is 0. The Bertz CT molecular complexity index is 35.0. The zero-order valence-electron chi connectivity index (χ0n) is 5.58. The van der Waals surface area contributed by atoms with Gasteiger partial charge in [-0.1, -0.05) is 0 Å². The number of rotatable bonds is 0. The number of halogens is 3. The number of hydrogen-bond acceptors (Lipinski definition) is 0. The number of quaternary nitrogens is 1. The second-order valence-corrected chi connectivity index (χ2v) is 19.0. The molecule has 0 aliphatic heterocycles. The van der Waals surface area contributed by atoms with Gasteiger partial charge in [-0.05, 0) is 0 Å². The van der Waals surface area contributed by atoms with E-state index in [1.54, 1.807) is 0 Å². The van der Waals surface area contributed by atoms with Crippen LogP contribution in [-0.4, -0.2) is 32.7 Å². The average molecular weight is 455 g/mol. The zero-order chi connectivity index (χ0) is 7.21. The third-order valence-corrected chi connectivity index (χ3v) is 0. The van der Waals surface area contributed by atoms with Crippen molar-refractivity contribution in [3.05, 3.63) is 0 Å². The summed E-state index contributed by atoms with van der Waals surface area (Å²) in [7, 11) is 8.50. The molecule has 1 nitrogen and oxygen atoms in total. The number of hydrogen-bond donors (Lipinski definition) is 0. The Hall–Kier alpha value is 2.15. The fraction of sp³-hybridized carbons (Fsp3) is 1.00. The second-order valence-electron chi connectivity index (χ2n) is 2.74. The summed E-state index contributed by atoms with van der Waals surface area (Å²) in [5.41, 5.74) is 0. The molecule has 0 spiro atoms. The van der Waals surface area contributed by atoms with Gasteiger partial charge < -0.3 is 4.48 Å². The molecule has 0 aromatic heterocycles. The zero-order valence-corrected chi connectivity index (χ0v) is 12.1. The van der Waals surface area contributed by atoms with E-state index in [0.29, 0.717) is 13.3 Å². The van der Waals surface area contributed by atoms with E-state index in [2.05, 4.69) is 65.4 Å². The maximum absolute atomic E-state index is 2.39. The Morgan fingerprint density at radius 3 is 1.00 bits per heavy atom. The third-order valence-electron chi connectivity index (χ3n) is 0. The Labute approximate surface area is 81.8 Å². The van der Waals surface area contributed by atoms with Crippen molar-refractivity contribution in [2.24, 2.45) is 0 Å². The third kappa shape index (κ3) is 90.1. The maximum atomic E-state index is 2.39. The number of nitrogens with zero attached hydrogens (tertiary/aromatic N) is 1. The first kappa shape index (κ1) is 12.8. The van der Waals surface area contributed by atoms with E-state index < -0.39 is 0 Å². The molecule has 0 aliphatic carbocycles. The molecule has 0 rings (SSSR count). The molecule has 0 aromatic carbocycles.